The van der Waals surface area contributed by atoms with Crippen LogP contribution in [0, 0.1) is 0 Å². The summed E-state index contributed by atoms with van der Waals surface area (Å²) in [5.74, 6) is 0. The first-order valence-electron chi connectivity index (χ1n) is 2.84. The van der Waals surface area contributed by atoms with Crippen LogP contribution in [0.3, 0.4) is 0 Å². The molecule has 0 aliphatic rings. The highest BCUT2D eigenvalue weighted by molar-refractivity contribution is 4.56. The Balaban J connectivity index is 2.77. The Morgan fingerprint density at radius 3 is 2.50 bits per heavy atom. The van der Waals surface area contributed by atoms with E-state index in [1.807, 2.05) is 18.7 Å². The molecule has 1 N–H and O–H groups in total. The highest BCUT2D eigenvalue weighted by atomic mass is 15.0. The summed E-state index contributed by atoms with van der Waals surface area (Å²) in [6.45, 7) is 4.29. The lowest BCUT2D eigenvalue weighted by atomic mass is 10.4. The molecule has 0 atom stereocenters. The van der Waals surface area contributed by atoms with E-state index in [-0.39, 0.29) is 0 Å². The summed E-state index contributed by atoms with van der Waals surface area (Å²) in [6, 6.07) is 0.571. The molecule has 0 amide bonds. The van der Waals surface area contributed by atoms with E-state index in [1.165, 1.54) is 0 Å². The minimum absolute atomic E-state index is 0.571. The Kier molecular flexibility index (Phi) is 1.33. The SMILES string of the molecule is CC(C)[n+]1cc[nH]c1. The molecule has 2 heteroatoms. The number of hydrogen-bond donors (Lipinski definition) is 1. The second kappa shape index (κ2) is 1.99. The molecule has 0 saturated heterocycles. The largest absolute Gasteiger partial charge is 0.250 e. The van der Waals surface area contributed by atoms with Crippen molar-refractivity contribution in [3.63, 3.8) is 0 Å². The van der Waals surface area contributed by atoms with Crippen molar-refractivity contribution in [2.75, 3.05) is 0 Å². The Morgan fingerprint density at radius 2 is 2.25 bits per heavy atom. The summed E-state index contributed by atoms with van der Waals surface area (Å²) in [5, 5.41) is 0. The number of nitrogens with one attached hydrogen (secondary N) is 1. The predicted octanol–water partition coefficient (Wildman–Crippen LogP) is 0.883. The van der Waals surface area contributed by atoms with Crippen LogP contribution in [0.25, 0.3) is 0 Å². The first-order chi connectivity index (χ1) is 3.80. The molecule has 0 aromatic carbocycles. The van der Waals surface area contributed by atoms with Crippen LogP contribution in [0.1, 0.15) is 19.9 Å². The van der Waals surface area contributed by atoms with Crippen molar-refractivity contribution in [1.29, 1.82) is 0 Å². The predicted molar refractivity (Wildman–Crippen MR) is 31.4 cm³/mol. The Morgan fingerprint density at radius 1 is 1.50 bits per heavy atom. The minimum Gasteiger partial charge on any atom is -0.250 e. The van der Waals surface area contributed by atoms with Crippen molar-refractivity contribution >= 4 is 0 Å². The molecule has 2 nitrogen and oxygen atoms in total. The summed E-state index contributed by atoms with van der Waals surface area (Å²) in [6.07, 6.45) is 5.88. The van der Waals surface area contributed by atoms with Crippen molar-refractivity contribution in [2.24, 2.45) is 0 Å². The number of aromatic amines is 1. The molecular formula is C6H11N2+. The van der Waals surface area contributed by atoms with Gasteiger partial charge < -0.3 is 0 Å². The van der Waals surface area contributed by atoms with Crippen LogP contribution in [-0.2, 0) is 0 Å². The van der Waals surface area contributed by atoms with E-state index < -0.39 is 0 Å². The van der Waals surface area contributed by atoms with Crippen molar-refractivity contribution in [3.8, 4) is 0 Å². The molecular weight excluding hydrogens is 100 g/mol. The zero-order valence-corrected chi connectivity index (χ0v) is 5.26. The lowest BCUT2D eigenvalue weighted by molar-refractivity contribution is -0.714. The van der Waals surface area contributed by atoms with Gasteiger partial charge in [-0.15, -0.1) is 0 Å². The van der Waals surface area contributed by atoms with Gasteiger partial charge in [0.1, 0.15) is 12.4 Å². The van der Waals surface area contributed by atoms with E-state index in [9.17, 15) is 0 Å². The van der Waals surface area contributed by atoms with E-state index in [0.717, 1.165) is 0 Å². The molecule has 1 rings (SSSR count). The number of imidazole rings is 1. The number of hydrogen-bond acceptors (Lipinski definition) is 0. The van der Waals surface area contributed by atoms with Gasteiger partial charge in [0.2, 0.25) is 6.33 Å². The highest BCUT2D eigenvalue weighted by Gasteiger charge is 1.98. The van der Waals surface area contributed by atoms with Crippen molar-refractivity contribution < 1.29 is 4.57 Å². The zero-order chi connectivity index (χ0) is 5.98. The molecule has 0 fully saturated rings. The Hall–Kier alpha value is -0.790. The Labute approximate surface area is 49.2 Å². The van der Waals surface area contributed by atoms with Crippen LogP contribution in [0.5, 0.6) is 0 Å². The second-order valence-electron chi connectivity index (χ2n) is 2.15. The van der Waals surface area contributed by atoms with Crippen molar-refractivity contribution in [1.82, 2.24) is 4.98 Å². The summed E-state index contributed by atoms with van der Waals surface area (Å²) < 4.78 is 2.11. The fourth-order valence-corrected chi connectivity index (χ4v) is 0.622. The maximum atomic E-state index is 2.97. The van der Waals surface area contributed by atoms with Gasteiger partial charge in [0.15, 0.2) is 0 Å². The normalized spacial score (nSPS) is 10.4. The lowest BCUT2D eigenvalue weighted by Gasteiger charge is -1.94. The summed E-state index contributed by atoms with van der Waals surface area (Å²) in [7, 11) is 0. The van der Waals surface area contributed by atoms with Gasteiger partial charge in [0.05, 0.1) is 6.04 Å². The summed E-state index contributed by atoms with van der Waals surface area (Å²) >= 11 is 0. The highest BCUT2D eigenvalue weighted by Crippen LogP contribution is 1.86. The van der Waals surface area contributed by atoms with Crippen LogP contribution in [0.15, 0.2) is 18.7 Å². The minimum atomic E-state index is 0.571. The van der Waals surface area contributed by atoms with Crippen LogP contribution >= 0.6 is 0 Å². The van der Waals surface area contributed by atoms with Gasteiger partial charge in [0.25, 0.3) is 0 Å². The monoisotopic (exact) mass is 111 g/mol. The quantitative estimate of drug-likeness (QED) is 0.519. The first-order valence-corrected chi connectivity index (χ1v) is 2.84. The smallest absolute Gasteiger partial charge is 0.241 e. The van der Waals surface area contributed by atoms with E-state index in [2.05, 4.69) is 23.4 Å². The van der Waals surface area contributed by atoms with Gasteiger partial charge in [-0.25, -0.2) is 4.57 Å². The van der Waals surface area contributed by atoms with Crippen LogP contribution < -0.4 is 4.57 Å². The molecule has 0 spiro atoms. The van der Waals surface area contributed by atoms with E-state index in [1.54, 1.807) is 0 Å². The molecule has 0 radical (unpaired) electrons. The third kappa shape index (κ3) is 0.886. The standard InChI is InChI=1S/C6H10N2/c1-6(2)8-4-3-7-5-8/h3-6H,1-2H3/p+1. The van der Waals surface area contributed by atoms with Gasteiger partial charge in [-0.05, 0) is 13.8 Å². The topological polar surface area (TPSA) is 19.7 Å². The molecule has 0 unspecified atom stereocenters. The second-order valence-corrected chi connectivity index (χ2v) is 2.15. The van der Waals surface area contributed by atoms with Gasteiger partial charge >= 0.3 is 0 Å². The van der Waals surface area contributed by atoms with E-state index in [4.69, 9.17) is 0 Å². The number of nitrogens with zero attached hydrogens (tertiary/aromatic N) is 1. The summed E-state index contributed by atoms with van der Waals surface area (Å²) in [4.78, 5) is 2.97. The molecule has 0 aliphatic carbocycles. The molecule has 0 bridgehead atoms. The molecule has 8 heavy (non-hydrogen) atoms. The molecule has 0 aliphatic heterocycles. The van der Waals surface area contributed by atoms with Gasteiger partial charge in [0, 0.05) is 0 Å². The number of aromatic nitrogens is 2. The third-order valence-corrected chi connectivity index (χ3v) is 1.16. The maximum Gasteiger partial charge on any atom is 0.241 e. The average Bonchev–Trinajstić information content (AvgIpc) is 2.12. The van der Waals surface area contributed by atoms with E-state index in [0.29, 0.717) is 6.04 Å². The average molecular weight is 111 g/mol. The van der Waals surface area contributed by atoms with Crippen LogP contribution in [0.2, 0.25) is 0 Å². The fourth-order valence-electron chi connectivity index (χ4n) is 0.622. The van der Waals surface area contributed by atoms with Gasteiger partial charge in [-0.2, -0.15) is 0 Å². The van der Waals surface area contributed by atoms with Gasteiger partial charge in [-0.1, -0.05) is 0 Å². The maximum absolute atomic E-state index is 2.97. The molecule has 1 heterocycles. The Bertz CT molecular complexity index is 142. The van der Waals surface area contributed by atoms with E-state index >= 15 is 0 Å². The summed E-state index contributed by atoms with van der Waals surface area (Å²) in [5.41, 5.74) is 0. The van der Waals surface area contributed by atoms with Gasteiger partial charge in [-0.3, -0.25) is 4.98 Å². The molecule has 44 valence electrons. The third-order valence-electron chi connectivity index (χ3n) is 1.16. The van der Waals surface area contributed by atoms with Crippen molar-refractivity contribution in [2.45, 2.75) is 19.9 Å². The zero-order valence-electron chi connectivity index (χ0n) is 5.26. The number of rotatable bonds is 1. The first kappa shape index (κ1) is 5.35. The fraction of sp³-hybridized carbons (Fsp3) is 0.500. The molecule has 1 aromatic heterocycles. The number of H-pyrrole nitrogens is 1. The van der Waals surface area contributed by atoms with Crippen molar-refractivity contribution in [3.05, 3.63) is 18.7 Å². The van der Waals surface area contributed by atoms with Crippen LogP contribution in [0.4, 0.5) is 0 Å². The lowest BCUT2D eigenvalue weighted by Crippen LogP contribution is -2.32. The van der Waals surface area contributed by atoms with Crippen LogP contribution in [-0.4, -0.2) is 4.98 Å². The molecule has 1 aromatic rings. The molecule has 0 saturated carbocycles.